The normalized spacial score (nSPS) is 14.1. The summed E-state index contributed by atoms with van der Waals surface area (Å²) in [4.78, 5) is 0. The van der Waals surface area contributed by atoms with E-state index in [1.165, 1.54) is 22.3 Å². The lowest BCUT2D eigenvalue weighted by atomic mass is 10.0. The van der Waals surface area contributed by atoms with Crippen LogP contribution >= 0.6 is 0 Å². The molecule has 1 aliphatic carbocycles. The molecule has 1 aliphatic rings. The van der Waals surface area contributed by atoms with Crippen LogP contribution in [0.3, 0.4) is 0 Å². The van der Waals surface area contributed by atoms with Crippen molar-refractivity contribution in [2.45, 2.75) is 12.1 Å². The summed E-state index contributed by atoms with van der Waals surface area (Å²) < 4.78 is 5.39. The smallest absolute Gasteiger partial charge is 0.155 e. The zero-order valence-electron chi connectivity index (χ0n) is 11.9. The molecule has 106 valence electrons. The van der Waals surface area contributed by atoms with Gasteiger partial charge in [-0.15, -0.1) is 0 Å². The van der Waals surface area contributed by atoms with Crippen LogP contribution in [0.25, 0.3) is 11.1 Å². The van der Waals surface area contributed by atoms with Gasteiger partial charge >= 0.3 is 0 Å². The van der Waals surface area contributed by atoms with Crippen LogP contribution < -0.4 is 5.32 Å². The summed E-state index contributed by atoms with van der Waals surface area (Å²) in [7, 11) is 0. The lowest BCUT2D eigenvalue weighted by molar-refractivity contribution is 0.442. The number of nitriles is 1. The number of hydrogen-bond acceptors (Lipinski definition) is 3. The van der Waals surface area contributed by atoms with Gasteiger partial charge in [0.2, 0.25) is 0 Å². The Balaban J connectivity index is 1.77. The minimum absolute atomic E-state index is 0.00199. The summed E-state index contributed by atoms with van der Waals surface area (Å²) in [5.74, 6) is 0.643. The molecule has 3 heteroatoms. The lowest BCUT2D eigenvalue weighted by Gasteiger charge is -2.18. The first-order chi connectivity index (χ1) is 10.9. The van der Waals surface area contributed by atoms with E-state index in [4.69, 9.17) is 4.42 Å². The molecule has 1 atom stereocenters. The van der Waals surface area contributed by atoms with Crippen LogP contribution in [0, 0.1) is 11.3 Å². The van der Waals surface area contributed by atoms with Crippen molar-refractivity contribution in [3.63, 3.8) is 0 Å². The first-order valence-electron chi connectivity index (χ1n) is 7.26. The van der Waals surface area contributed by atoms with Gasteiger partial charge in [0, 0.05) is 0 Å². The molecule has 0 unspecified atom stereocenters. The van der Waals surface area contributed by atoms with Gasteiger partial charge in [-0.3, -0.25) is 5.32 Å². The van der Waals surface area contributed by atoms with Crippen LogP contribution in [0.15, 0.2) is 71.3 Å². The van der Waals surface area contributed by atoms with Crippen molar-refractivity contribution in [3.05, 3.63) is 83.8 Å². The summed E-state index contributed by atoms with van der Waals surface area (Å²) in [6.07, 6.45) is 1.60. The van der Waals surface area contributed by atoms with Crippen LogP contribution in [0.5, 0.6) is 0 Å². The molecule has 0 radical (unpaired) electrons. The van der Waals surface area contributed by atoms with E-state index in [1.54, 1.807) is 12.3 Å². The highest BCUT2D eigenvalue weighted by atomic mass is 16.3. The van der Waals surface area contributed by atoms with Crippen molar-refractivity contribution in [2.75, 3.05) is 0 Å². The van der Waals surface area contributed by atoms with E-state index in [1.807, 2.05) is 30.3 Å². The van der Waals surface area contributed by atoms with Crippen molar-refractivity contribution in [1.82, 2.24) is 5.32 Å². The highest BCUT2D eigenvalue weighted by Gasteiger charge is 2.30. The number of nitrogens with one attached hydrogen (secondary N) is 1. The number of benzene rings is 2. The largest absolute Gasteiger partial charge is 0.467 e. The monoisotopic (exact) mass is 286 g/mol. The molecule has 1 aromatic heterocycles. The average molecular weight is 286 g/mol. The molecular weight excluding hydrogens is 272 g/mol. The highest BCUT2D eigenvalue weighted by molar-refractivity contribution is 5.78. The van der Waals surface area contributed by atoms with Gasteiger partial charge in [-0.2, -0.15) is 5.26 Å². The molecule has 0 spiro atoms. The molecule has 0 amide bonds. The zero-order valence-corrected chi connectivity index (χ0v) is 11.9. The van der Waals surface area contributed by atoms with E-state index in [2.05, 4.69) is 35.7 Å². The number of nitrogens with zero attached hydrogens (tertiary/aromatic N) is 1. The van der Waals surface area contributed by atoms with Crippen LogP contribution in [-0.4, -0.2) is 0 Å². The molecule has 1 N–H and O–H groups in total. The van der Waals surface area contributed by atoms with Crippen LogP contribution in [0.4, 0.5) is 0 Å². The second-order valence-corrected chi connectivity index (χ2v) is 5.35. The minimum Gasteiger partial charge on any atom is -0.467 e. The summed E-state index contributed by atoms with van der Waals surface area (Å²) >= 11 is 0. The van der Waals surface area contributed by atoms with Gasteiger partial charge in [-0.25, -0.2) is 0 Å². The Kier molecular flexibility index (Phi) is 3.03. The molecule has 0 aliphatic heterocycles. The van der Waals surface area contributed by atoms with Gasteiger partial charge in [0.15, 0.2) is 6.04 Å². The maximum atomic E-state index is 9.48. The second-order valence-electron chi connectivity index (χ2n) is 5.35. The summed E-state index contributed by atoms with van der Waals surface area (Å²) in [5, 5.41) is 12.9. The Hall–Kier alpha value is -2.83. The number of furan rings is 1. The third-order valence-electron chi connectivity index (χ3n) is 4.12. The molecule has 0 saturated carbocycles. The van der Waals surface area contributed by atoms with Crippen LogP contribution in [0.1, 0.15) is 29.0 Å². The minimum atomic E-state index is -0.473. The summed E-state index contributed by atoms with van der Waals surface area (Å²) in [6, 6.07) is 22.1. The highest BCUT2D eigenvalue weighted by Crippen LogP contribution is 2.43. The van der Waals surface area contributed by atoms with E-state index >= 15 is 0 Å². The van der Waals surface area contributed by atoms with Gasteiger partial charge < -0.3 is 4.42 Å². The van der Waals surface area contributed by atoms with Gasteiger partial charge in [0.25, 0.3) is 0 Å². The molecule has 4 rings (SSSR count). The Bertz CT molecular complexity index is 800. The standard InChI is InChI=1S/C19H14N2O/c20-12-17(18-10-5-11-22-18)21-19-15-8-3-1-6-13(15)14-7-2-4-9-16(14)19/h1-11,17,19,21H/t17-/m0/s1. The fourth-order valence-electron chi connectivity index (χ4n) is 3.14. The van der Waals surface area contributed by atoms with Crippen LogP contribution in [0.2, 0.25) is 0 Å². The van der Waals surface area contributed by atoms with E-state index in [0.29, 0.717) is 5.76 Å². The predicted molar refractivity (Wildman–Crippen MR) is 83.9 cm³/mol. The molecule has 1 heterocycles. The van der Waals surface area contributed by atoms with E-state index < -0.39 is 6.04 Å². The molecule has 3 aromatic rings. The molecule has 0 bridgehead atoms. The Morgan fingerprint density at radius 1 is 0.909 bits per heavy atom. The van der Waals surface area contributed by atoms with E-state index in [-0.39, 0.29) is 6.04 Å². The maximum Gasteiger partial charge on any atom is 0.155 e. The molecule has 2 aromatic carbocycles. The van der Waals surface area contributed by atoms with Gasteiger partial charge in [0.05, 0.1) is 18.4 Å². The molecule has 22 heavy (non-hydrogen) atoms. The predicted octanol–water partition coefficient (Wildman–Crippen LogP) is 4.20. The van der Waals surface area contributed by atoms with Gasteiger partial charge in [-0.05, 0) is 34.4 Å². The van der Waals surface area contributed by atoms with Crippen molar-refractivity contribution in [2.24, 2.45) is 0 Å². The Morgan fingerprint density at radius 2 is 1.55 bits per heavy atom. The third kappa shape index (κ3) is 1.93. The molecule has 0 saturated heterocycles. The quantitative estimate of drug-likeness (QED) is 0.784. The molecular formula is C19H14N2O. The first-order valence-corrected chi connectivity index (χ1v) is 7.26. The Labute approximate surface area is 128 Å². The van der Waals surface area contributed by atoms with Crippen molar-refractivity contribution >= 4 is 0 Å². The molecule has 0 fully saturated rings. The molecule has 3 nitrogen and oxygen atoms in total. The number of rotatable bonds is 3. The van der Waals surface area contributed by atoms with Crippen molar-refractivity contribution in [3.8, 4) is 17.2 Å². The maximum absolute atomic E-state index is 9.48. The zero-order chi connectivity index (χ0) is 14.9. The van der Waals surface area contributed by atoms with Gasteiger partial charge in [-0.1, -0.05) is 48.5 Å². The first kappa shape index (κ1) is 12.9. The second kappa shape index (κ2) is 5.18. The Morgan fingerprint density at radius 3 is 2.09 bits per heavy atom. The number of hydrogen-bond donors (Lipinski definition) is 1. The average Bonchev–Trinajstić information content (AvgIpc) is 3.20. The topological polar surface area (TPSA) is 49.0 Å². The lowest BCUT2D eigenvalue weighted by Crippen LogP contribution is -2.24. The van der Waals surface area contributed by atoms with Crippen LogP contribution in [-0.2, 0) is 0 Å². The van der Waals surface area contributed by atoms with Crippen molar-refractivity contribution < 1.29 is 4.42 Å². The SMILES string of the molecule is N#C[C@H](NC1c2ccccc2-c2ccccc21)c1ccco1. The van der Waals surface area contributed by atoms with E-state index in [9.17, 15) is 5.26 Å². The summed E-state index contributed by atoms with van der Waals surface area (Å²) in [5.41, 5.74) is 4.87. The number of fused-ring (bicyclic) bond motifs is 3. The summed E-state index contributed by atoms with van der Waals surface area (Å²) in [6.45, 7) is 0. The fourth-order valence-corrected chi connectivity index (χ4v) is 3.14. The van der Waals surface area contributed by atoms with Gasteiger partial charge in [0.1, 0.15) is 5.76 Å². The third-order valence-corrected chi connectivity index (χ3v) is 4.12. The van der Waals surface area contributed by atoms with E-state index in [0.717, 1.165) is 0 Å². The fraction of sp³-hybridized carbons (Fsp3) is 0.105. The van der Waals surface area contributed by atoms with Crippen molar-refractivity contribution in [1.29, 1.82) is 5.26 Å².